The second kappa shape index (κ2) is 7.39. The van der Waals surface area contributed by atoms with Crippen molar-refractivity contribution in [3.63, 3.8) is 0 Å². The standard InChI is InChI=1S/C16H18N4O4S/c1-17-12-8-11(23-4)13-15(19-24-16(13)18-12)20-25-14-9(21-2)6-5-7-10(14)22-3/h5-8H,1-4H3,(H,17,18)(H,19,20). The SMILES string of the molecule is CNc1cc(OC)c2c(NSc3c(OC)cccc3OC)noc2n1. The van der Waals surface area contributed by atoms with E-state index in [1.165, 1.54) is 11.9 Å². The monoisotopic (exact) mass is 362 g/mol. The topological polar surface area (TPSA) is 90.7 Å². The molecule has 1 aromatic carbocycles. The van der Waals surface area contributed by atoms with Crippen molar-refractivity contribution in [2.24, 2.45) is 0 Å². The zero-order chi connectivity index (χ0) is 17.8. The molecule has 0 atom stereocenters. The summed E-state index contributed by atoms with van der Waals surface area (Å²) in [5.74, 6) is 3.11. The van der Waals surface area contributed by atoms with Crippen molar-refractivity contribution in [3.05, 3.63) is 24.3 Å². The molecule has 0 bridgehead atoms. The molecule has 2 heterocycles. The summed E-state index contributed by atoms with van der Waals surface area (Å²) in [6.45, 7) is 0. The Labute approximate surface area is 149 Å². The molecule has 9 heteroatoms. The normalized spacial score (nSPS) is 10.6. The average Bonchev–Trinajstić information content (AvgIpc) is 3.08. The van der Waals surface area contributed by atoms with Crippen molar-refractivity contribution in [2.45, 2.75) is 4.90 Å². The first-order valence-electron chi connectivity index (χ1n) is 7.37. The molecular formula is C16H18N4O4S. The van der Waals surface area contributed by atoms with Gasteiger partial charge in [0.2, 0.25) is 0 Å². The highest BCUT2D eigenvalue weighted by Crippen LogP contribution is 2.40. The van der Waals surface area contributed by atoms with Crippen molar-refractivity contribution in [2.75, 3.05) is 38.4 Å². The molecule has 0 unspecified atom stereocenters. The fourth-order valence-electron chi connectivity index (χ4n) is 2.29. The molecule has 132 valence electrons. The summed E-state index contributed by atoms with van der Waals surface area (Å²) in [5.41, 5.74) is 0.374. The molecule has 8 nitrogen and oxygen atoms in total. The van der Waals surface area contributed by atoms with Crippen LogP contribution in [0.5, 0.6) is 17.2 Å². The number of anilines is 2. The molecular weight excluding hydrogens is 344 g/mol. The number of nitrogens with one attached hydrogen (secondary N) is 2. The number of nitrogens with zero attached hydrogens (tertiary/aromatic N) is 2. The summed E-state index contributed by atoms with van der Waals surface area (Å²) < 4.78 is 24.7. The maximum absolute atomic E-state index is 5.43. The lowest BCUT2D eigenvalue weighted by molar-refractivity contribution is 0.376. The minimum absolute atomic E-state index is 0.374. The largest absolute Gasteiger partial charge is 0.496 e. The molecule has 0 amide bonds. The second-order valence-corrected chi connectivity index (χ2v) is 5.68. The highest BCUT2D eigenvalue weighted by atomic mass is 32.2. The predicted octanol–water partition coefficient (Wildman–Crippen LogP) is 3.41. The van der Waals surface area contributed by atoms with E-state index in [2.05, 4.69) is 20.2 Å². The Hall–Kier alpha value is -2.81. The molecule has 0 fully saturated rings. The zero-order valence-corrected chi connectivity index (χ0v) is 15.1. The summed E-state index contributed by atoms with van der Waals surface area (Å²) in [5, 5.41) is 7.66. The summed E-state index contributed by atoms with van der Waals surface area (Å²) in [6, 6.07) is 7.35. The summed E-state index contributed by atoms with van der Waals surface area (Å²) in [6.07, 6.45) is 0. The van der Waals surface area contributed by atoms with Crippen molar-refractivity contribution in [3.8, 4) is 17.2 Å². The molecule has 0 aliphatic rings. The first-order chi connectivity index (χ1) is 12.2. The van der Waals surface area contributed by atoms with Crippen LogP contribution in [0.4, 0.5) is 11.6 Å². The third kappa shape index (κ3) is 3.22. The fourth-order valence-corrected chi connectivity index (χ4v) is 3.14. The van der Waals surface area contributed by atoms with Gasteiger partial charge >= 0.3 is 0 Å². The summed E-state index contributed by atoms with van der Waals surface area (Å²) in [4.78, 5) is 5.12. The van der Waals surface area contributed by atoms with E-state index in [1.54, 1.807) is 34.4 Å². The Morgan fingerprint density at radius 3 is 2.32 bits per heavy atom. The van der Waals surface area contributed by atoms with Crippen molar-refractivity contribution < 1.29 is 18.7 Å². The molecule has 0 saturated heterocycles. The molecule has 25 heavy (non-hydrogen) atoms. The molecule has 0 saturated carbocycles. The first kappa shape index (κ1) is 17.0. The van der Waals surface area contributed by atoms with Gasteiger partial charge in [-0.25, -0.2) is 0 Å². The minimum Gasteiger partial charge on any atom is -0.496 e. The van der Waals surface area contributed by atoms with Crippen LogP contribution in [-0.4, -0.2) is 38.5 Å². The van der Waals surface area contributed by atoms with Gasteiger partial charge in [-0.15, -0.1) is 0 Å². The van der Waals surface area contributed by atoms with Crippen LogP contribution in [-0.2, 0) is 0 Å². The Balaban J connectivity index is 1.95. The number of fused-ring (bicyclic) bond motifs is 1. The molecule has 3 rings (SSSR count). The van der Waals surface area contributed by atoms with Gasteiger partial charge < -0.3 is 28.8 Å². The quantitative estimate of drug-likeness (QED) is 0.613. The Morgan fingerprint density at radius 2 is 1.72 bits per heavy atom. The van der Waals surface area contributed by atoms with Gasteiger partial charge in [-0.1, -0.05) is 11.2 Å². The molecule has 2 N–H and O–H groups in total. The van der Waals surface area contributed by atoms with Crippen LogP contribution in [0.25, 0.3) is 11.1 Å². The van der Waals surface area contributed by atoms with Crippen molar-refractivity contribution in [1.82, 2.24) is 10.1 Å². The second-order valence-electron chi connectivity index (χ2n) is 4.87. The number of pyridine rings is 1. The molecule has 0 radical (unpaired) electrons. The first-order valence-corrected chi connectivity index (χ1v) is 8.19. The van der Waals surface area contributed by atoms with E-state index in [9.17, 15) is 0 Å². The van der Waals surface area contributed by atoms with Crippen LogP contribution in [0.1, 0.15) is 0 Å². The average molecular weight is 362 g/mol. The summed E-state index contributed by atoms with van der Waals surface area (Å²) >= 11 is 1.30. The Morgan fingerprint density at radius 1 is 1.04 bits per heavy atom. The number of rotatable bonds is 7. The highest BCUT2D eigenvalue weighted by molar-refractivity contribution is 8.00. The van der Waals surface area contributed by atoms with Gasteiger partial charge in [-0.2, -0.15) is 4.98 Å². The van der Waals surface area contributed by atoms with E-state index in [0.29, 0.717) is 40.0 Å². The number of hydrogen-bond acceptors (Lipinski definition) is 9. The predicted molar refractivity (Wildman–Crippen MR) is 96.9 cm³/mol. The van der Waals surface area contributed by atoms with Crippen LogP contribution in [0.3, 0.4) is 0 Å². The van der Waals surface area contributed by atoms with Crippen LogP contribution in [0.15, 0.2) is 33.7 Å². The van der Waals surface area contributed by atoms with Gasteiger partial charge in [0.05, 0.1) is 21.3 Å². The zero-order valence-electron chi connectivity index (χ0n) is 14.2. The maximum Gasteiger partial charge on any atom is 0.265 e. The van der Waals surface area contributed by atoms with Gasteiger partial charge in [-0.3, -0.25) is 0 Å². The van der Waals surface area contributed by atoms with E-state index in [-0.39, 0.29) is 0 Å². The molecule has 0 aliphatic heterocycles. The minimum atomic E-state index is 0.374. The van der Waals surface area contributed by atoms with E-state index < -0.39 is 0 Å². The van der Waals surface area contributed by atoms with Crippen molar-refractivity contribution in [1.29, 1.82) is 0 Å². The third-order valence-electron chi connectivity index (χ3n) is 3.52. The number of ether oxygens (including phenoxy) is 3. The molecule has 3 aromatic rings. The van der Waals surface area contributed by atoms with Crippen LogP contribution in [0, 0.1) is 0 Å². The maximum atomic E-state index is 5.43. The number of methoxy groups -OCH3 is 3. The van der Waals surface area contributed by atoms with E-state index in [0.717, 1.165) is 4.90 Å². The lowest BCUT2D eigenvalue weighted by Crippen LogP contribution is -1.96. The third-order valence-corrected chi connectivity index (χ3v) is 4.42. The highest BCUT2D eigenvalue weighted by Gasteiger charge is 2.18. The van der Waals surface area contributed by atoms with Gasteiger partial charge in [-0.05, 0) is 24.1 Å². The van der Waals surface area contributed by atoms with Gasteiger partial charge in [0.15, 0.2) is 5.82 Å². The van der Waals surface area contributed by atoms with Gasteiger partial charge in [0.25, 0.3) is 5.71 Å². The van der Waals surface area contributed by atoms with Crippen molar-refractivity contribution >= 4 is 34.7 Å². The molecule has 0 aliphatic carbocycles. The smallest absolute Gasteiger partial charge is 0.265 e. The molecule has 0 spiro atoms. The van der Waals surface area contributed by atoms with Crippen LogP contribution >= 0.6 is 11.9 Å². The summed E-state index contributed by atoms with van der Waals surface area (Å²) in [7, 11) is 6.57. The number of benzene rings is 1. The lowest BCUT2D eigenvalue weighted by Gasteiger charge is -2.12. The Bertz CT molecular complexity index is 862. The van der Waals surface area contributed by atoms with Crippen LogP contribution < -0.4 is 24.2 Å². The lowest BCUT2D eigenvalue weighted by atomic mass is 10.3. The number of hydrogen-bond donors (Lipinski definition) is 2. The van der Waals surface area contributed by atoms with E-state index >= 15 is 0 Å². The Kier molecular flexibility index (Phi) is 5.03. The fraction of sp³-hybridized carbons (Fsp3) is 0.250. The molecule has 2 aromatic heterocycles. The number of aromatic nitrogens is 2. The van der Waals surface area contributed by atoms with E-state index in [4.69, 9.17) is 18.7 Å². The van der Waals surface area contributed by atoms with E-state index in [1.807, 2.05) is 18.2 Å². The van der Waals surface area contributed by atoms with Gasteiger partial charge in [0, 0.05) is 13.1 Å². The van der Waals surface area contributed by atoms with Crippen LogP contribution in [0.2, 0.25) is 0 Å². The van der Waals surface area contributed by atoms with Gasteiger partial charge in [0.1, 0.15) is 33.3 Å².